The summed E-state index contributed by atoms with van der Waals surface area (Å²) < 4.78 is 0. The summed E-state index contributed by atoms with van der Waals surface area (Å²) in [5.41, 5.74) is 7.68. The number of likely N-dealkylation sites (tertiary alicyclic amines) is 1. The van der Waals surface area contributed by atoms with Gasteiger partial charge in [0.15, 0.2) is 0 Å². The molecule has 2 aromatic carbocycles. The van der Waals surface area contributed by atoms with Crippen LogP contribution in [0, 0.1) is 6.92 Å². The minimum atomic E-state index is 0.759. The first kappa shape index (κ1) is 19.2. The third kappa shape index (κ3) is 4.81. The Hall–Kier alpha value is -2.16. The molecule has 1 saturated heterocycles. The molecule has 0 aliphatic carbocycles. The van der Waals surface area contributed by atoms with E-state index in [1.807, 2.05) is 30.5 Å². The van der Waals surface area contributed by atoms with E-state index < -0.39 is 0 Å². The van der Waals surface area contributed by atoms with Crippen LogP contribution >= 0.6 is 11.6 Å². The molecule has 0 unspecified atom stereocenters. The highest BCUT2D eigenvalue weighted by molar-refractivity contribution is 6.30. The summed E-state index contributed by atoms with van der Waals surface area (Å²) in [6.07, 6.45) is 6.65. The smallest absolute Gasteiger partial charge is 0.0407 e. The third-order valence-corrected chi connectivity index (χ3v) is 5.92. The van der Waals surface area contributed by atoms with Gasteiger partial charge in [-0.2, -0.15) is 0 Å². The Balaban J connectivity index is 1.36. The van der Waals surface area contributed by atoms with Crippen LogP contribution in [0.2, 0.25) is 5.02 Å². The van der Waals surface area contributed by atoms with Crippen LogP contribution in [-0.4, -0.2) is 23.0 Å². The van der Waals surface area contributed by atoms with Gasteiger partial charge < -0.3 is 0 Å². The van der Waals surface area contributed by atoms with E-state index in [2.05, 4.69) is 47.1 Å². The van der Waals surface area contributed by atoms with Crippen molar-refractivity contribution in [2.75, 3.05) is 13.1 Å². The van der Waals surface area contributed by atoms with Crippen molar-refractivity contribution in [3.8, 4) is 11.1 Å². The van der Waals surface area contributed by atoms with Crippen molar-refractivity contribution in [2.45, 2.75) is 39.2 Å². The van der Waals surface area contributed by atoms with Gasteiger partial charge in [0.1, 0.15) is 0 Å². The maximum absolute atomic E-state index is 5.97. The van der Waals surface area contributed by atoms with E-state index in [0.29, 0.717) is 0 Å². The molecule has 3 heteroatoms. The standard InChI is InChI=1S/C25H27ClN2/c1-19-16-20(4-6-23(19)18-28-14-2-3-15-28)5-12-25-13-9-22(17-27-25)21-7-10-24(26)11-8-21/h4,6-11,13,16-17H,2-3,5,12,14-15,18H2,1H3. The van der Waals surface area contributed by atoms with E-state index in [1.165, 1.54) is 42.6 Å². The van der Waals surface area contributed by atoms with Crippen LogP contribution in [0.3, 0.4) is 0 Å². The minimum Gasteiger partial charge on any atom is -0.299 e. The zero-order chi connectivity index (χ0) is 19.3. The van der Waals surface area contributed by atoms with Gasteiger partial charge in [-0.25, -0.2) is 0 Å². The molecule has 0 amide bonds. The molecule has 2 heterocycles. The molecule has 0 saturated carbocycles. The lowest BCUT2D eigenvalue weighted by Crippen LogP contribution is -2.19. The normalized spacial score (nSPS) is 14.5. The monoisotopic (exact) mass is 390 g/mol. The van der Waals surface area contributed by atoms with E-state index >= 15 is 0 Å². The van der Waals surface area contributed by atoms with Crippen molar-refractivity contribution < 1.29 is 0 Å². The van der Waals surface area contributed by atoms with Crippen molar-refractivity contribution >= 4 is 11.6 Å². The third-order valence-electron chi connectivity index (χ3n) is 5.67. The molecule has 28 heavy (non-hydrogen) atoms. The molecule has 4 rings (SSSR count). The Morgan fingerprint density at radius 3 is 2.32 bits per heavy atom. The van der Waals surface area contributed by atoms with Crippen molar-refractivity contribution in [1.29, 1.82) is 0 Å². The van der Waals surface area contributed by atoms with Gasteiger partial charge in [-0.15, -0.1) is 0 Å². The zero-order valence-electron chi connectivity index (χ0n) is 16.5. The predicted octanol–water partition coefficient (Wildman–Crippen LogP) is 6.09. The molecule has 144 valence electrons. The molecule has 0 atom stereocenters. The quantitative estimate of drug-likeness (QED) is 0.506. The molecule has 0 N–H and O–H groups in total. The van der Waals surface area contributed by atoms with Crippen LogP contribution in [0.5, 0.6) is 0 Å². The van der Waals surface area contributed by atoms with Gasteiger partial charge in [-0.1, -0.05) is 48.0 Å². The summed E-state index contributed by atoms with van der Waals surface area (Å²) in [4.78, 5) is 7.23. The van der Waals surface area contributed by atoms with Gasteiger partial charge in [0.05, 0.1) is 0 Å². The van der Waals surface area contributed by atoms with Crippen LogP contribution < -0.4 is 0 Å². The van der Waals surface area contributed by atoms with Gasteiger partial charge >= 0.3 is 0 Å². The number of hydrogen-bond acceptors (Lipinski definition) is 2. The molecule has 1 aliphatic heterocycles. The van der Waals surface area contributed by atoms with E-state index in [0.717, 1.165) is 41.2 Å². The van der Waals surface area contributed by atoms with Crippen molar-refractivity contribution in [1.82, 2.24) is 9.88 Å². The highest BCUT2D eigenvalue weighted by Crippen LogP contribution is 2.22. The molecular formula is C25H27ClN2. The van der Waals surface area contributed by atoms with Gasteiger partial charge in [0.25, 0.3) is 0 Å². The molecular weight excluding hydrogens is 364 g/mol. The summed E-state index contributed by atoms with van der Waals surface area (Å²) in [5.74, 6) is 0. The lowest BCUT2D eigenvalue weighted by molar-refractivity contribution is 0.330. The summed E-state index contributed by atoms with van der Waals surface area (Å²) >= 11 is 5.97. The molecule has 1 fully saturated rings. The minimum absolute atomic E-state index is 0.759. The first-order valence-corrected chi connectivity index (χ1v) is 10.6. The van der Waals surface area contributed by atoms with Crippen molar-refractivity contribution in [3.63, 3.8) is 0 Å². The molecule has 0 radical (unpaired) electrons. The Kier molecular flexibility index (Phi) is 6.09. The van der Waals surface area contributed by atoms with Crippen molar-refractivity contribution in [3.05, 3.63) is 88.2 Å². The Morgan fingerprint density at radius 1 is 0.893 bits per heavy atom. The number of pyridine rings is 1. The van der Waals surface area contributed by atoms with E-state index in [-0.39, 0.29) is 0 Å². The van der Waals surface area contributed by atoms with Gasteiger partial charge in [0.2, 0.25) is 0 Å². The molecule has 0 bridgehead atoms. The average Bonchev–Trinajstić information content (AvgIpc) is 3.22. The summed E-state index contributed by atoms with van der Waals surface area (Å²) in [5, 5.41) is 0.759. The second kappa shape index (κ2) is 8.89. The van der Waals surface area contributed by atoms with Crippen LogP contribution in [0.1, 0.15) is 35.2 Å². The fourth-order valence-corrected chi connectivity index (χ4v) is 4.06. The highest BCUT2D eigenvalue weighted by Gasteiger charge is 2.13. The average molecular weight is 391 g/mol. The Bertz CT molecular complexity index is 910. The molecule has 1 aromatic heterocycles. The lowest BCUT2D eigenvalue weighted by Gasteiger charge is -2.17. The fraction of sp³-hybridized carbons (Fsp3) is 0.320. The van der Waals surface area contributed by atoms with E-state index in [9.17, 15) is 0 Å². The highest BCUT2D eigenvalue weighted by atomic mass is 35.5. The first-order chi connectivity index (χ1) is 13.7. The lowest BCUT2D eigenvalue weighted by atomic mass is 10.0. The number of halogens is 1. The molecule has 3 aromatic rings. The molecule has 0 spiro atoms. The van der Waals surface area contributed by atoms with Gasteiger partial charge in [-0.05, 0) is 86.1 Å². The zero-order valence-corrected chi connectivity index (χ0v) is 17.3. The SMILES string of the molecule is Cc1cc(CCc2ccc(-c3ccc(Cl)cc3)cn2)ccc1CN1CCCC1. The number of aryl methyl sites for hydroxylation is 3. The largest absolute Gasteiger partial charge is 0.299 e. The summed E-state index contributed by atoms with van der Waals surface area (Å²) in [7, 11) is 0. The van der Waals surface area contributed by atoms with Crippen molar-refractivity contribution in [2.24, 2.45) is 0 Å². The van der Waals surface area contributed by atoms with E-state index in [4.69, 9.17) is 11.6 Å². The Labute approximate surface area is 173 Å². The number of aromatic nitrogens is 1. The summed E-state index contributed by atoms with van der Waals surface area (Å²) in [6.45, 7) is 5.84. The number of rotatable bonds is 6. The van der Waals surface area contributed by atoms with Crippen LogP contribution in [0.15, 0.2) is 60.8 Å². The van der Waals surface area contributed by atoms with E-state index in [1.54, 1.807) is 0 Å². The fourth-order valence-electron chi connectivity index (χ4n) is 3.93. The molecule has 2 nitrogen and oxygen atoms in total. The topological polar surface area (TPSA) is 16.1 Å². The Morgan fingerprint density at radius 2 is 1.64 bits per heavy atom. The van der Waals surface area contributed by atoms with Crippen LogP contribution in [0.4, 0.5) is 0 Å². The van der Waals surface area contributed by atoms with Crippen LogP contribution in [0.25, 0.3) is 11.1 Å². The van der Waals surface area contributed by atoms with Gasteiger partial charge in [-0.3, -0.25) is 9.88 Å². The maximum atomic E-state index is 5.97. The maximum Gasteiger partial charge on any atom is 0.0407 e. The second-order valence-electron chi connectivity index (χ2n) is 7.79. The predicted molar refractivity (Wildman–Crippen MR) is 118 cm³/mol. The first-order valence-electron chi connectivity index (χ1n) is 10.2. The van der Waals surface area contributed by atoms with Gasteiger partial charge in [0, 0.05) is 29.0 Å². The summed E-state index contributed by atoms with van der Waals surface area (Å²) in [6, 6.07) is 19.2. The van der Waals surface area contributed by atoms with Crippen LogP contribution in [-0.2, 0) is 19.4 Å². The number of nitrogens with zero attached hydrogens (tertiary/aromatic N) is 2. The number of hydrogen-bond donors (Lipinski definition) is 0. The second-order valence-corrected chi connectivity index (χ2v) is 8.23. The number of benzene rings is 2. The molecule has 1 aliphatic rings.